The van der Waals surface area contributed by atoms with Gasteiger partial charge in [0.2, 0.25) is 5.69 Å². The van der Waals surface area contributed by atoms with Crippen LogP contribution in [0.1, 0.15) is 21.6 Å². The summed E-state index contributed by atoms with van der Waals surface area (Å²) in [7, 11) is 1.64. The predicted octanol–water partition coefficient (Wildman–Crippen LogP) is 3.62. The zero-order valence-electron chi connectivity index (χ0n) is 14.2. The highest BCUT2D eigenvalue weighted by atomic mass is 19.4. The second-order valence-corrected chi connectivity index (χ2v) is 5.86. The summed E-state index contributed by atoms with van der Waals surface area (Å²) in [4.78, 5) is 14.0. The summed E-state index contributed by atoms with van der Waals surface area (Å²) < 4.78 is 38.7. The SMILES string of the molecule is CN(Cc1ccccc1)c1nn(-c2cccc(C(F)(F)F)c2)nc1C(=O)O. The second kappa shape index (κ2) is 7.10. The maximum Gasteiger partial charge on any atom is 0.416 e. The van der Waals surface area contributed by atoms with E-state index in [9.17, 15) is 23.1 Å². The number of carboxylic acids is 1. The van der Waals surface area contributed by atoms with E-state index in [4.69, 9.17) is 0 Å². The lowest BCUT2D eigenvalue weighted by atomic mass is 10.2. The first-order valence-electron chi connectivity index (χ1n) is 7.89. The molecule has 0 aliphatic heterocycles. The molecule has 0 atom stereocenters. The Hall–Kier alpha value is -3.36. The summed E-state index contributed by atoms with van der Waals surface area (Å²) in [5.74, 6) is -1.26. The summed E-state index contributed by atoms with van der Waals surface area (Å²) in [5, 5.41) is 17.4. The Balaban J connectivity index is 1.97. The molecule has 0 aliphatic carbocycles. The number of aromatic nitrogens is 3. The fourth-order valence-corrected chi connectivity index (χ4v) is 2.55. The molecule has 3 aromatic rings. The highest BCUT2D eigenvalue weighted by molar-refractivity contribution is 5.90. The molecule has 6 nitrogen and oxygen atoms in total. The molecule has 0 fully saturated rings. The van der Waals surface area contributed by atoms with E-state index < -0.39 is 17.7 Å². The molecule has 1 aromatic heterocycles. The first-order chi connectivity index (χ1) is 12.8. The second-order valence-electron chi connectivity index (χ2n) is 5.86. The smallest absolute Gasteiger partial charge is 0.416 e. The van der Waals surface area contributed by atoms with Gasteiger partial charge in [-0.25, -0.2) is 4.79 Å². The van der Waals surface area contributed by atoms with Crippen LogP contribution in [0.15, 0.2) is 54.6 Å². The molecule has 0 amide bonds. The van der Waals surface area contributed by atoms with Gasteiger partial charge >= 0.3 is 12.1 Å². The van der Waals surface area contributed by atoms with Crippen LogP contribution in [0.5, 0.6) is 0 Å². The minimum absolute atomic E-state index is 0.0201. The van der Waals surface area contributed by atoms with Gasteiger partial charge in [-0.3, -0.25) is 0 Å². The fourth-order valence-electron chi connectivity index (χ4n) is 2.55. The van der Waals surface area contributed by atoms with Gasteiger partial charge in [0.05, 0.1) is 11.3 Å². The van der Waals surface area contributed by atoms with E-state index in [2.05, 4.69) is 10.2 Å². The zero-order valence-corrected chi connectivity index (χ0v) is 14.2. The summed E-state index contributed by atoms with van der Waals surface area (Å²) in [6.45, 7) is 0.363. The molecule has 0 bridgehead atoms. The van der Waals surface area contributed by atoms with Crippen molar-refractivity contribution in [2.24, 2.45) is 0 Å². The molecule has 1 N–H and O–H groups in total. The largest absolute Gasteiger partial charge is 0.476 e. The molecule has 0 saturated heterocycles. The van der Waals surface area contributed by atoms with Gasteiger partial charge in [-0.15, -0.1) is 15.0 Å². The topological polar surface area (TPSA) is 71.2 Å². The minimum Gasteiger partial charge on any atom is -0.476 e. The zero-order chi connectivity index (χ0) is 19.6. The number of aromatic carboxylic acids is 1. The van der Waals surface area contributed by atoms with Gasteiger partial charge in [0.1, 0.15) is 0 Å². The summed E-state index contributed by atoms with van der Waals surface area (Å²) in [6.07, 6.45) is -4.52. The van der Waals surface area contributed by atoms with E-state index in [0.717, 1.165) is 22.5 Å². The maximum atomic E-state index is 12.9. The van der Waals surface area contributed by atoms with Crippen LogP contribution in [0, 0.1) is 0 Å². The molecule has 3 rings (SSSR count). The Morgan fingerprint density at radius 3 is 2.44 bits per heavy atom. The number of halogens is 3. The fraction of sp³-hybridized carbons (Fsp3) is 0.167. The molecule has 27 heavy (non-hydrogen) atoms. The van der Waals surface area contributed by atoms with Crippen molar-refractivity contribution >= 4 is 11.8 Å². The monoisotopic (exact) mass is 376 g/mol. The van der Waals surface area contributed by atoms with Crippen molar-refractivity contribution in [3.63, 3.8) is 0 Å². The molecular formula is C18H15F3N4O2. The Morgan fingerprint density at radius 2 is 1.81 bits per heavy atom. The first kappa shape index (κ1) is 18.4. The van der Waals surface area contributed by atoms with E-state index in [1.807, 2.05) is 30.3 Å². The van der Waals surface area contributed by atoms with Crippen LogP contribution in [0.3, 0.4) is 0 Å². The highest BCUT2D eigenvalue weighted by Crippen LogP contribution is 2.30. The van der Waals surface area contributed by atoms with Crippen molar-refractivity contribution in [1.29, 1.82) is 0 Å². The number of anilines is 1. The van der Waals surface area contributed by atoms with E-state index in [1.165, 1.54) is 12.1 Å². The Bertz CT molecular complexity index is 955. The molecule has 1 heterocycles. The van der Waals surface area contributed by atoms with E-state index in [1.54, 1.807) is 11.9 Å². The van der Waals surface area contributed by atoms with Gasteiger partial charge in [0.15, 0.2) is 5.82 Å². The van der Waals surface area contributed by atoms with E-state index in [-0.39, 0.29) is 17.2 Å². The molecule has 0 saturated carbocycles. The number of alkyl halides is 3. The quantitative estimate of drug-likeness (QED) is 0.736. The number of carboxylic acid groups (broad SMARTS) is 1. The average Bonchev–Trinajstić information content (AvgIpc) is 3.08. The maximum absolute atomic E-state index is 12.9. The lowest BCUT2D eigenvalue weighted by molar-refractivity contribution is -0.137. The van der Waals surface area contributed by atoms with Crippen molar-refractivity contribution in [1.82, 2.24) is 15.0 Å². The van der Waals surface area contributed by atoms with Gasteiger partial charge in [-0.05, 0) is 23.8 Å². The minimum atomic E-state index is -4.52. The van der Waals surface area contributed by atoms with Crippen molar-refractivity contribution in [3.8, 4) is 5.69 Å². The van der Waals surface area contributed by atoms with Crippen LogP contribution >= 0.6 is 0 Å². The number of hydrogen-bond acceptors (Lipinski definition) is 4. The number of nitrogens with zero attached hydrogens (tertiary/aromatic N) is 4. The number of hydrogen-bond donors (Lipinski definition) is 1. The molecule has 140 valence electrons. The van der Waals surface area contributed by atoms with E-state index >= 15 is 0 Å². The van der Waals surface area contributed by atoms with Crippen LogP contribution in [0.2, 0.25) is 0 Å². The number of carbonyl (C=O) groups is 1. The molecule has 0 aliphatic rings. The highest BCUT2D eigenvalue weighted by Gasteiger charge is 2.31. The van der Waals surface area contributed by atoms with Crippen LogP contribution in [-0.2, 0) is 12.7 Å². The summed E-state index contributed by atoms with van der Waals surface area (Å²) in [5.41, 5.74) is -0.268. The third-order valence-electron chi connectivity index (χ3n) is 3.83. The van der Waals surface area contributed by atoms with Gasteiger partial charge in [-0.1, -0.05) is 36.4 Å². The van der Waals surface area contributed by atoms with Crippen molar-refractivity contribution < 1.29 is 23.1 Å². The van der Waals surface area contributed by atoms with Crippen LogP contribution in [0.4, 0.5) is 19.0 Å². The third-order valence-corrected chi connectivity index (χ3v) is 3.83. The Morgan fingerprint density at radius 1 is 1.11 bits per heavy atom. The lowest BCUT2D eigenvalue weighted by Crippen LogP contribution is -2.19. The van der Waals surface area contributed by atoms with Crippen molar-refractivity contribution in [3.05, 3.63) is 71.4 Å². The van der Waals surface area contributed by atoms with Gasteiger partial charge in [0, 0.05) is 13.6 Å². The average molecular weight is 376 g/mol. The molecule has 2 aromatic carbocycles. The normalized spacial score (nSPS) is 11.4. The molecular weight excluding hydrogens is 361 g/mol. The van der Waals surface area contributed by atoms with E-state index in [0.29, 0.717) is 6.54 Å². The lowest BCUT2D eigenvalue weighted by Gasteiger charge is -2.16. The summed E-state index contributed by atoms with van der Waals surface area (Å²) >= 11 is 0. The van der Waals surface area contributed by atoms with Gasteiger partial charge < -0.3 is 10.0 Å². The van der Waals surface area contributed by atoms with Crippen LogP contribution in [-0.4, -0.2) is 33.1 Å². The van der Waals surface area contributed by atoms with Crippen LogP contribution in [0.25, 0.3) is 5.69 Å². The van der Waals surface area contributed by atoms with Gasteiger partial charge in [-0.2, -0.15) is 13.2 Å². The molecule has 9 heteroatoms. The Labute approximate surface area is 152 Å². The van der Waals surface area contributed by atoms with Crippen LogP contribution < -0.4 is 4.90 Å². The third kappa shape index (κ3) is 4.08. The number of benzene rings is 2. The van der Waals surface area contributed by atoms with Crippen molar-refractivity contribution in [2.75, 3.05) is 11.9 Å². The first-order valence-corrected chi connectivity index (χ1v) is 7.89. The predicted molar refractivity (Wildman–Crippen MR) is 91.9 cm³/mol. The molecule has 0 spiro atoms. The number of rotatable bonds is 5. The van der Waals surface area contributed by atoms with Gasteiger partial charge in [0.25, 0.3) is 0 Å². The molecule has 0 unspecified atom stereocenters. The Kier molecular flexibility index (Phi) is 4.85. The standard InChI is InChI=1S/C18H15F3N4O2/c1-24(11-12-6-3-2-4-7-12)16-15(17(26)27)22-25(23-16)14-9-5-8-13(10-14)18(19,20)21/h2-10H,11H2,1H3,(H,26,27). The van der Waals surface area contributed by atoms with Crippen molar-refractivity contribution in [2.45, 2.75) is 12.7 Å². The summed E-state index contributed by atoms with van der Waals surface area (Å²) in [6, 6.07) is 13.7. The molecule has 0 radical (unpaired) electrons.